The van der Waals surface area contributed by atoms with Crippen LogP contribution in [0, 0.1) is 0 Å². The van der Waals surface area contributed by atoms with Crippen molar-refractivity contribution in [1.82, 2.24) is 20.1 Å². The van der Waals surface area contributed by atoms with Crippen LogP contribution in [0.3, 0.4) is 0 Å². The van der Waals surface area contributed by atoms with E-state index < -0.39 is 0 Å². The van der Waals surface area contributed by atoms with E-state index in [1.807, 2.05) is 0 Å². The van der Waals surface area contributed by atoms with Gasteiger partial charge in [-0.3, -0.25) is 9.59 Å². The lowest BCUT2D eigenvalue weighted by molar-refractivity contribution is 0.0936. The number of hydrogen-bond donors (Lipinski definition) is 1. The van der Waals surface area contributed by atoms with Gasteiger partial charge in [0.2, 0.25) is 0 Å². The van der Waals surface area contributed by atoms with Crippen LogP contribution in [-0.2, 0) is 24.3 Å². The second kappa shape index (κ2) is 7.23. The van der Waals surface area contributed by atoms with Crippen LogP contribution in [0.25, 0.3) is 0 Å². The fourth-order valence-corrected chi connectivity index (χ4v) is 3.64. The maximum absolute atomic E-state index is 12.4. The van der Waals surface area contributed by atoms with Crippen LogP contribution in [0.15, 0.2) is 12.1 Å². The molecule has 128 valence electrons. The molecule has 24 heavy (non-hydrogen) atoms. The molecule has 0 bridgehead atoms. The van der Waals surface area contributed by atoms with E-state index in [1.54, 1.807) is 19.2 Å². The molecule has 0 saturated carbocycles. The zero-order valence-corrected chi connectivity index (χ0v) is 14.6. The van der Waals surface area contributed by atoms with Crippen LogP contribution in [-0.4, -0.2) is 39.6 Å². The summed E-state index contributed by atoms with van der Waals surface area (Å²) < 4.78 is 7.22. The summed E-state index contributed by atoms with van der Waals surface area (Å²) in [6, 6.07) is 3.49. The van der Waals surface area contributed by atoms with Crippen molar-refractivity contribution >= 4 is 23.0 Å². The molecule has 1 aliphatic heterocycles. The number of nitrogens with one attached hydrogen (secondary N) is 1. The number of aromatic nitrogens is 3. The molecule has 0 fully saturated rings. The maximum atomic E-state index is 12.4. The number of aryl methyl sites for hydroxylation is 1. The SMILES string of the molecule is COCc1nnc2n1CCC(NC(=O)c1ccc(C(C)=O)s1)CC2. The van der Waals surface area contributed by atoms with Gasteiger partial charge in [-0.05, 0) is 31.9 Å². The van der Waals surface area contributed by atoms with E-state index in [2.05, 4.69) is 20.1 Å². The van der Waals surface area contributed by atoms with Crippen LogP contribution < -0.4 is 5.32 Å². The minimum Gasteiger partial charge on any atom is -0.377 e. The highest BCUT2D eigenvalue weighted by atomic mass is 32.1. The molecule has 0 saturated heterocycles. The lowest BCUT2D eigenvalue weighted by Gasteiger charge is -2.15. The first kappa shape index (κ1) is 16.8. The summed E-state index contributed by atoms with van der Waals surface area (Å²) in [7, 11) is 1.64. The van der Waals surface area contributed by atoms with Crippen LogP contribution in [0.4, 0.5) is 0 Å². The summed E-state index contributed by atoms with van der Waals surface area (Å²) >= 11 is 1.24. The highest BCUT2D eigenvalue weighted by Gasteiger charge is 2.22. The number of ether oxygens (including phenoxy) is 1. The number of carbonyl (C=O) groups excluding carboxylic acids is 2. The van der Waals surface area contributed by atoms with Crippen molar-refractivity contribution < 1.29 is 14.3 Å². The summed E-state index contributed by atoms with van der Waals surface area (Å²) in [5.74, 6) is 1.63. The minimum atomic E-state index is -0.118. The van der Waals surface area contributed by atoms with Crippen LogP contribution in [0.5, 0.6) is 0 Å². The van der Waals surface area contributed by atoms with Gasteiger partial charge in [-0.25, -0.2) is 0 Å². The van der Waals surface area contributed by atoms with E-state index in [0.717, 1.165) is 37.5 Å². The molecule has 1 N–H and O–H groups in total. The van der Waals surface area contributed by atoms with Crippen molar-refractivity contribution in [2.24, 2.45) is 0 Å². The van der Waals surface area contributed by atoms with Gasteiger partial charge in [-0.2, -0.15) is 0 Å². The molecule has 3 rings (SSSR count). The van der Waals surface area contributed by atoms with Gasteiger partial charge < -0.3 is 14.6 Å². The summed E-state index contributed by atoms with van der Waals surface area (Å²) in [4.78, 5) is 24.9. The fraction of sp³-hybridized carbons (Fsp3) is 0.500. The third-order valence-corrected chi connectivity index (χ3v) is 5.29. The van der Waals surface area contributed by atoms with Crippen LogP contribution in [0.2, 0.25) is 0 Å². The summed E-state index contributed by atoms with van der Waals surface area (Å²) in [5, 5.41) is 11.4. The average Bonchev–Trinajstić information content (AvgIpc) is 3.14. The molecule has 8 heteroatoms. The second-order valence-electron chi connectivity index (χ2n) is 5.83. The van der Waals surface area contributed by atoms with E-state index in [0.29, 0.717) is 16.4 Å². The molecule has 1 unspecified atom stereocenters. The van der Waals surface area contributed by atoms with Crippen molar-refractivity contribution in [2.75, 3.05) is 7.11 Å². The second-order valence-corrected chi connectivity index (χ2v) is 6.92. The lowest BCUT2D eigenvalue weighted by atomic mass is 10.1. The van der Waals surface area contributed by atoms with Gasteiger partial charge in [0.15, 0.2) is 11.6 Å². The molecule has 1 atom stereocenters. The van der Waals surface area contributed by atoms with Crippen LogP contribution >= 0.6 is 11.3 Å². The molecule has 1 amide bonds. The summed E-state index contributed by atoms with van der Waals surface area (Å²) in [6.45, 7) is 2.70. The highest BCUT2D eigenvalue weighted by Crippen LogP contribution is 2.19. The number of fused-ring (bicyclic) bond motifs is 1. The van der Waals surface area contributed by atoms with Gasteiger partial charge in [-0.15, -0.1) is 21.5 Å². The molecular formula is C16H20N4O3S. The number of Topliss-reactive ketones (excluding diaryl/α,β-unsaturated/α-hetero) is 1. The standard InChI is InChI=1S/C16H20N4O3S/c1-10(21)12-4-5-13(24-12)16(22)17-11-3-6-14-18-19-15(9-23-2)20(14)8-7-11/h4-5,11H,3,6-9H2,1-2H3,(H,17,22). The number of carbonyl (C=O) groups is 2. The molecule has 3 heterocycles. The molecule has 1 aliphatic rings. The number of ketones is 1. The molecule has 2 aromatic rings. The first-order valence-electron chi connectivity index (χ1n) is 7.90. The Hall–Kier alpha value is -2.06. The van der Waals surface area contributed by atoms with E-state index >= 15 is 0 Å². The highest BCUT2D eigenvalue weighted by molar-refractivity contribution is 7.15. The van der Waals surface area contributed by atoms with Crippen molar-refractivity contribution in [2.45, 2.75) is 45.4 Å². The van der Waals surface area contributed by atoms with Crippen LogP contribution in [0.1, 0.15) is 50.8 Å². The zero-order chi connectivity index (χ0) is 17.1. The van der Waals surface area contributed by atoms with Gasteiger partial charge in [0.25, 0.3) is 5.91 Å². The normalized spacial score (nSPS) is 17.2. The van der Waals surface area contributed by atoms with Crippen molar-refractivity contribution in [3.63, 3.8) is 0 Å². The molecule has 0 aliphatic carbocycles. The maximum Gasteiger partial charge on any atom is 0.261 e. The molecule has 0 aromatic carbocycles. The Balaban J connectivity index is 1.62. The Morgan fingerprint density at radius 3 is 2.83 bits per heavy atom. The molecule has 7 nitrogen and oxygen atoms in total. The predicted octanol–water partition coefficient (Wildman–Crippen LogP) is 1.82. The van der Waals surface area contributed by atoms with Crippen molar-refractivity contribution in [3.05, 3.63) is 33.5 Å². The third kappa shape index (κ3) is 3.54. The number of rotatable bonds is 5. The largest absolute Gasteiger partial charge is 0.377 e. The van der Waals surface area contributed by atoms with Gasteiger partial charge in [-0.1, -0.05) is 0 Å². The molecular weight excluding hydrogens is 328 g/mol. The smallest absolute Gasteiger partial charge is 0.261 e. The number of methoxy groups -OCH3 is 1. The van der Waals surface area contributed by atoms with Crippen molar-refractivity contribution in [3.8, 4) is 0 Å². The van der Waals surface area contributed by atoms with E-state index in [4.69, 9.17) is 4.74 Å². The Morgan fingerprint density at radius 1 is 1.33 bits per heavy atom. The minimum absolute atomic E-state index is 0.0166. The lowest BCUT2D eigenvalue weighted by Crippen LogP contribution is -2.34. The predicted molar refractivity (Wildman–Crippen MR) is 89.3 cm³/mol. The Labute approximate surface area is 144 Å². The Morgan fingerprint density at radius 2 is 2.12 bits per heavy atom. The number of thiophene rings is 1. The van der Waals surface area contributed by atoms with E-state index in [1.165, 1.54) is 18.3 Å². The third-order valence-electron chi connectivity index (χ3n) is 4.11. The van der Waals surface area contributed by atoms with E-state index in [9.17, 15) is 9.59 Å². The van der Waals surface area contributed by atoms with E-state index in [-0.39, 0.29) is 17.7 Å². The fourth-order valence-electron chi connectivity index (χ4n) is 2.83. The first-order valence-corrected chi connectivity index (χ1v) is 8.71. The Bertz CT molecular complexity index is 752. The average molecular weight is 348 g/mol. The van der Waals surface area contributed by atoms with Gasteiger partial charge in [0.1, 0.15) is 12.4 Å². The quantitative estimate of drug-likeness (QED) is 0.833. The molecule has 0 radical (unpaired) electrons. The number of nitrogens with zero attached hydrogens (tertiary/aromatic N) is 3. The zero-order valence-electron chi connectivity index (χ0n) is 13.7. The van der Waals surface area contributed by atoms with Crippen molar-refractivity contribution in [1.29, 1.82) is 0 Å². The van der Waals surface area contributed by atoms with Gasteiger partial charge in [0, 0.05) is 26.1 Å². The summed E-state index contributed by atoms with van der Waals surface area (Å²) in [5.41, 5.74) is 0. The number of amides is 1. The monoisotopic (exact) mass is 348 g/mol. The summed E-state index contributed by atoms with van der Waals surface area (Å²) in [6.07, 6.45) is 2.41. The first-order chi connectivity index (χ1) is 11.6. The van der Waals surface area contributed by atoms with Gasteiger partial charge >= 0.3 is 0 Å². The topological polar surface area (TPSA) is 86.1 Å². The molecule has 2 aromatic heterocycles. The number of hydrogen-bond acceptors (Lipinski definition) is 6. The molecule has 0 spiro atoms. The van der Waals surface area contributed by atoms with Gasteiger partial charge in [0.05, 0.1) is 9.75 Å². The Kier molecular flexibility index (Phi) is 5.06.